The molecule has 0 aromatic carbocycles. The Labute approximate surface area is 123 Å². The van der Waals surface area contributed by atoms with Crippen molar-refractivity contribution in [2.24, 2.45) is 0 Å². The number of pyridine rings is 2. The highest BCUT2D eigenvalue weighted by molar-refractivity contribution is 9.10. The molecule has 0 saturated carbocycles. The number of halogens is 1. The minimum atomic E-state index is -0.546. The number of aromatic nitrogens is 2. The molecule has 0 aliphatic heterocycles. The second-order valence-electron chi connectivity index (χ2n) is 4.43. The van der Waals surface area contributed by atoms with Gasteiger partial charge in [-0.15, -0.1) is 0 Å². The lowest BCUT2D eigenvalue weighted by Gasteiger charge is -2.13. The summed E-state index contributed by atoms with van der Waals surface area (Å²) in [5.41, 5.74) is 1.98. The van der Waals surface area contributed by atoms with Crippen LogP contribution in [0.3, 0.4) is 0 Å². The van der Waals surface area contributed by atoms with Gasteiger partial charge in [0.15, 0.2) is 6.20 Å². The monoisotopic (exact) mass is 335 g/mol. The number of nitrogens with zero attached hydrogens (tertiary/aromatic N) is 3. The lowest BCUT2D eigenvalue weighted by Crippen LogP contribution is -2.07. The van der Waals surface area contributed by atoms with E-state index in [4.69, 9.17) is 4.74 Å². The van der Waals surface area contributed by atoms with Crippen molar-refractivity contribution in [3.05, 3.63) is 56.4 Å². The van der Waals surface area contributed by atoms with Crippen LogP contribution in [-0.4, -0.2) is 14.9 Å². The zero-order chi connectivity index (χ0) is 14.1. The molecule has 0 spiro atoms. The summed E-state index contributed by atoms with van der Waals surface area (Å²) in [6.45, 7) is 0. The Balaban J connectivity index is 1.93. The first-order valence-corrected chi connectivity index (χ1v) is 6.85. The normalized spacial score (nSPS) is 16.8. The SMILES string of the molecule is O=[N+]([O-])c1ncc(Br)cc1OC1CCc2cccnc21. The van der Waals surface area contributed by atoms with E-state index in [0.29, 0.717) is 4.47 Å². The molecule has 3 rings (SSSR count). The molecule has 2 heterocycles. The summed E-state index contributed by atoms with van der Waals surface area (Å²) in [6.07, 6.45) is 4.44. The fourth-order valence-electron chi connectivity index (χ4n) is 2.28. The van der Waals surface area contributed by atoms with Crippen LogP contribution in [0.1, 0.15) is 23.8 Å². The topological polar surface area (TPSA) is 78.2 Å². The molecule has 20 heavy (non-hydrogen) atoms. The van der Waals surface area contributed by atoms with Crippen LogP contribution < -0.4 is 4.74 Å². The second kappa shape index (κ2) is 5.16. The van der Waals surface area contributed by atoms with Crippen LogP contribution >= 0.6 is 15.9 Å². The number of hydrogen-bond acceptors (Lipinski definition) is 5. The highest BCUT2D eigenvalue weighted by Gasteiger charge is 2.28. The van der Waals surface area contributed by atoms with Crippen molar-refractivity contribution in [3.8, 4) is 5.75 Å². The first kappa shape index (κ1) is 13.0. The van der Waals surface area contributed by atoms with Crippen LogP contribution in [0.2, 0.25) is 0 Å². The third kappa shape index (κ3) is 2.36. The van der Waals surface area contributed by atoms with E-state index in [1.165, 1.54) is 6.20 Å². The van der Waals surface area contributed by atoms with Gasteiger partial charge in [0.1, 0.15) is 6.10 Å². The first-order valence-electron chi connectivity index (χ1n) is 6.05. The van der Waals surface area contributed by atoms with Crippen LogP contribution in [0.5, 0.6) is 5.75 Å². The molecule has 0 N–H and O–H groups in total. The van der Waals surface area contributed by atoms with Crippen LogP contribution in [0.25, 0.3) is 0 Å². The van der Waals surface area contributed by atoms with E-state index in [1.807, 2.05) is 12.1 Å². The summed E-state index contributed by atoms with van der Waals surface area (Å²) < 4.78 is 6.41. The summed E-state index contributed by atoms with van der Waals surface area (Å²) in [5, 5.41) is 11.0. The number of fused-ring (bicyclic) bond motifs is 1. The smallest absolute Gasteiger partial charge is 0.406 e. The molecule has 102 valence electrons. The Hall–Kier alpha value is -2.02. The van der Waals surface area contributed by atoms with E-state index in [-0.39, 0.29) is 17.7 Å². The summed E-state index contributed by atoms with van der Waals surface area (Å²) in [4.78, 5) is 18.5. The maximum Gasteiger partial charge on any atom is 0.406 e. The Morgan fingerprint density at radius 1 is 1.45 bits per heavy atom. The van der Waals surface area contributed by atoms with Gasteiger partial charge >= 0.3 is 5.82 Å². The van der Waals surface area contributed by atoms with Gasteiger partial charge in [-0.3, -0.25) is 4.98 Å². The number of rotatable bonds is 3. The predicted molar refractivity (Wildman–Crippen MR) is 74.5 cm³/mol. The van der Waals surface area contributed by atoms with Crippen molar-refractivity contribution in [2.45, 2.75) is 18.9 Å². The van der Waals surface area contributed by atoms with Gasteiger partial charge in [-0.25, -0.2) is 0 Å². The molecule has 0 radical (unpaired) electrons. The van der Waals surface area contributed by atoms with E-state index in [0.717, 1.165) is 24.1 Å². The van der Waals surface area contributed by atoms with Crippen molar-refractivity contribution >= 4 is 21.7 Å². The zero-order valence-corrected chi connectivity index (χ0v) is 11.9. The van der Waals surface area contributed by atoms with E-state index >= 15 is 0 Å². The molecule has 7 heteroatoms. The van der Waals surface area contributed by atoms with Gasteiger partial charge in [-0.05, 0) is 50.3 Å². The van der Waals surface area contributed by atoms with Gasteiger partial charge in [0.25, 0.3) is 0 Å². The minimum Gasteiger partial charge on any atom is -0.476 e. The fourth-order valence-corrected chi connectivity index (χ4v) is 2.59. The number of nitro groups is 1. The molecule has 0 fully saturated rings. The van der Waals surface area contributed by atoms with Crippen molar-refractivity contribution < 1.29 is 9.66 Å². The fraction of sp³-hybridized carbons (Fsp3) is 0.231. The van der Waals surface area contributed by atoms with Crippen molar-refractivity contribution in [2.75, 3.05) is 0 Å². The molecule has 1 unspecified atom stereocenters. The van der Waals surface area contributed by atoms with E-state index < -0.39 is 4.92 Å². The molecular weight excluding hydrogens is 326 g/mol. The van der Waals surface area contributed by atoms with Crippen molar-refractivity contribution in [1.29, 1.82) is 0 Å². The Morgan fingerprint density at radius 2 is 2.30 bits per heavy atom. The third-order valence-electron chi connectivity index (χ3n) is 3.15. The molecule has 0 amide bonds. The zero-order valence-electron chi connectivity index (χ0n) is 10.3. The minimum absolute atomic E-state index is 0.160. The Kier molecular flexibility index (Phi) is 3.35. The number of aryl methyl sites for hydroxylation is 1. The molecule has 6 nitrogen and oxygen atoms in total. The molecule has 0 bridgehead atoms. The van der Waals surface area contributed by atoms with Crippen LogP contribution in [0.4, 0.5) is 5.82 Å². The van der Waals surface area contributed by atoms with Crippen molar-refractivity contribution in [1.82, 2.24) is 9.97 Å². The van der Waals surface area contributed by atoms with Gasteiger partial charge in [-0.2, -0.15) is 0 Å². The van der Waals surface area contributed by atoms with Crippen LogP contribution in [-0.2, 0) is 6.42 Å². The molecule has 1 atom stereocenters. The summed E-state index contributed by atoms with van der Waals surface area (Å²) in [5.74, 6) is -0.120. The van der Waals surface area contributed by atoms with Gasteiger partial charge in [0.2, 0.25) is 5.75 Å². The highest BCUT2D eigenvalue weighted by atomic mass is 79.9. The molecule has 2 aromatic heterocycles. The third-order valence-corrected chi connectivity index (χ3v) is 3.58. The van der Waals surface area contributed by atoms with Crippen LogP contribution in [0, 0.1) is 10.1 Å². The lowest BCUT2D eigenvalue weighted by molar-refractivity contribution is -0.390. The molecule has 1 aliphatic carbocycles. The second-order valence-corrected chi connectivity index (χ2v) is 5.34. The molecule has 2 aromatic rings. The maximum atomic E-state index is 11.0. The van der Waals surface area contributed by atoms with E-state index in [9.17, 15) is 10.1 Å². The first-order chi connectivity index (χ1) is 9.65. The largest absolute Gasteiger partial charge is 0.476 e. The Bertz CT molecular complexity index is 678. The average Bonchev–Trinajstić information content (AvgIpc) is 2.82. The summed E-state index contributed by atoms with van der Waals surface area (Å²) in [6, 6.07) is 5.44. The van der Waals surface area contributed by atoms with Gasteiger partial charge in [-0.1, -0.05) is 6.07 Å². The standard InChI is InChI=1S/C13H10BrN3O3/c14-9-6-11(13(16-7-9)17(18)19)20-10-4-3-8-2-1-5-15-12(8)10/h1-2,5-7,10H,3-4H2. The quantitative estimate of drug-likeness (QED) is 0.635. The van der Waals surface area contributed by atoms with Gasteiger partial charge in [0, 0.05) is 12.3 Å². The predicted octanol–water partition coefficient (Wildman–Crippen LogP) is 3.21. The molecule has 0 saturated heterocycles. The summed E-state index contributed by atoms with van der Waals surface area (Å²) in [7, 11) is 0. The Morgan fingerprint density at radius 3 is 3.10 bits per heavy atom. The molecular formula is C13H10BrN3O3. The van der Waals surface area contributed by atoms with Gasteiger partial charge in [0.05, 0.1) is 10.2 Å². The number of hydrogen-bond donors (Lipinski definition) is 0. The van der Waals surface area contributed by atoms with Crippen LogP contribution in [0.15, 0.2) is 35.1 Å². The number of ether oxygens (including phenoxy) is 1. The average molecular weight is 336 g/mol. The van der Waals surface area contributed by atoms with E-state index in [1.54, 1.807) is 12.3 Å². The van der Waals surface area contributed by atoms with Gasteiger partial charge < -0.3 is 14.9 Å². The van der Waals surface area contributed by atoms with Crippen molar-refractivity contribution in [3.63, 3.8) is 0 Å². The lowest BCUT2D eigenvalue weighted by atomic mass is 10.2. The molecule has 1 aliphatic rings. The highest BCUT2D eigenvalue weighted by Crippen LogP contribution is 2.37. The maximum absolute atomic E-state index is 11.0. The van der Waals surface area contributed by atoms with E-state index in [2.05, 4.69) is 25.9 Å². The summed E-state index contributed by atoms with van der Waals surface area (Å²) >= 11 is 3.25.